The molecule has 1 heterocycles. The van der Waals surface area contributed by atoms with Crippen LogP contribution in [0.4, 0.5) is 0 Å². The maximum Gasteiger partial charge on any atom is 0.211 e. The standard InChI is InChI=1S/C10H21ClN2O3S/c11-3-1-2-10-17(14,15)12-4-5-13-6-8-16-9-7-13/h12H,1-10H2. The SMILES string of the molecule is O=S(=O)(CCCCCl)NCCN1CCOCC1. The van der Waals surface area contributed by atoms with Crippen LogP contribution < -0.4 is 4.72 Å². The number of hydrogen-bond donors (Lipinski definition) is 1. The fourth-order valence-electron chi connectivity index (χ4n) is 1.64. The van der Waals surface area contributed by atoms with Gasteiger partial charge in [0.1, 0.15) is 0 Å². The van der Waals surface area contributed by atoms with Crippen molar-refractivity contribution in [2.45, 2.75) is 12.8 Å². The van der Waals surface area contributed by atoms with E-state index in [0.29, 0.717) is 18.8 Å². The molecule has 0 radical (unpaired) electrons. The lowest BCUT2D eigenvalue weighted by molar-refractivity contribution is 0.0390. The Bertz CT molecular complexity index is 292. The first-order valence-electron chi connectivity index (χ1n) is 5.97. The highest BCUT2D eigenvalue weighted by molar-refractivity contribution is 7.89. The number of rotatable bonds is 8. The number of sulfonamides is 1. The predicted molar refractivity (Wildman–Crippen MR) is 69.0 cm³/mol. The molecule has 1 saturated heterocycles. The smallest absolute Gasteiger partial charge is 0.211 e. The number of nitrogens with one attached hydrogen (secondary N) is 1. The summed E-state index contributed by atoms with van der Waals surface area (Å²) in [5.41, 5.74) is 0. The zero-order chi connectivity index (χ0) is 12.6. The Kier molecular flexibility index (Phi) is 7.38. The summed E-state index contributed by atoms with van der Waals surface area (Å²) in [5.74, 6) is 0.687. The van der Waals surface area contributed by atoms with E-state index >= 15 is 0 Å². The third-order valence-corrected chi connectivity index (χ3v) is 4.39. The van der Waals surface area contributed by atoms with E-state index in [-0.39, 0.29) is 5.75 Å². The quantitative estimate of drug-likeness (QED) is 0.513. The van der Waals surface area contributed by atoms with E-state index in [0.717, 1.165) is 39.3 Å². The van der Waals surface area contributed by atoms with Gasteiger partial charge in [-0.2, -0.15) is 0 Å². The summed E-state index contributed by atoms with van der Waals surface area (Å²) in [7, 11) is -3.12. The molecule has 1 aliphatic heterocycles. The van der Waals surface area contributed by atoms with Crippen molar-refractivity contribution >= 4 is 21.6 Å². The molecule has 0 aromatic heterocycles. The normalized spacial score (nSPS) is 18.4. The zero-order valence-electron chi connectivity index (χ0n) is 10.0. The van der Waals surface area contributed by atoms with Crippen LogP contribution in [0.3, 0.4) is 0 Å². The molecule has 0 amide bonds. The van der Waals surface area contributed by atoms with Crippen LogP contribution in [0.5, 0.6) is 0 Å². The van der Waals surface area contributed by atoms with Gasteiger partial charge in [-0.05, 0) is 12.8 Å². The second kappa shape index (κ2) is 8.26. The Morgan fingerprint density at radius 3 is 2.59 bits per heavy atom. The van der Waals surface area contributed by atoms with Crippen molar-refractivity contribution in [1.82, 2.24) is 9.62 Å². The van der Waals surface area contributed by atoms with Crippen molar-refractivity contribution in [3.8, 4) is 0 Å². The van der Waals surface area contributed by atoms with Crippen LogP contribution in [0.25, 0.3) is 0 Å². The van der Waals surface area contributed by atoms with Crippen LogP contribution >= 0.6 is 11.6 Å². The van der Waals surface area contributed by atoms with Crippen molar-refractivity contribution in [2.75, 3.05) is 51.0 Å². The monoisotopic (exact) mass is 284 g/mol. The molecular weight excluding hydrogens is 264 g/mol. The van der Waals surface area contributed by atoms with Gasteiger partial charge in [-0.1, -0.05) is 0 Å². The Hall–Kier alpha value is 0.120. The highest BCUT2D eigenvalue weighted by Crippen LogP contribution is 1.98. The lowest BCUT2D eigenvalue weighted by Crippen LogP contribution is -2.41. The van der Waals surface area contributed by atoms with Gasteiger partial charge in [-0.3, -0.25) is 4.90 Å². The van der Waals surface area contributed by atoms with E-state index in [4.69, 9.17) is 16.3 Å². The van der Waals surface area contributed by atoms with E-state index in [9.17, 15) is 8.42 Å². The van der Waals surface area contributed by atoms with Crippen molar-refractivity contribution in [3.05, 3.63) is 0 Å². The molecule has 1 rings (SSSR count). The topological polar surface area (TPSA) is 58.6 Å². The summed E-state index contributed by atoms with van der Waals surface area (Å²) in [5, 5.41) is 0. The average Bonchev–Trinajstić information content (AvgIpc) is 2.30. The molecule has 7 heteroatoms. The summed E-state index contributed by atoms with van der Waals surface area (Å²) in [6.45, 7) is 4.47. The molecule has 1 N–H and O–H groups in total. The molecule has 0 aromatic carbocycles. The van der Waals surface area contributed by atoms with Crippen molar-refractivity contribution in [1.29, 1.82) is 0 Å². The van der Waals surface area contributed by atoms with Gasteiger partial charge in [0, 0.05) is 32.1 Å². The molecular formula is C10H21ClN2O3S. The number of ether oxygens (including phenoxy) is 1. The molecule has 102 valence electrons. The van der Waals surface area contributed by atoms with Crippen LogP contribution in [-0.4, -0.2) is 64.3 Å². The van der Waals surface area contributed by atoms with Crippen LogP contribution in [0.1, 0.15) is 12.8 Å². The minimum absolute atomic E-state index is 0.169. The predicted octanol–water partition coefficient (Wildman–Crippen LogP) is 0.257. The number of nitrogens with zero attached hydrogens (tertiary/aromatic N) is 1. The fraction of sp³-hybridized carbons (Fsp3) is 1.00. The summed E-state index contributed by atoms with van der Waals surface area (Å²) < 4.78 is 30.9. The number of alkyl halides is 1. The number of morpholine rings is 1. The van der Waals surface area contributed by atoms with Crippen LogP contribution in [0.2, 0.25) is 0 Å². The Labute approximate surface area is 109 Å². The zero-order valence-corrected chi connectivity index (χ0v) is 11.6. The molecule has 0 aliphatic carbocycles. The van der Waals surface area contributed by atoms with Crippen molar-refractivity contribution in [2.24, 2.45) is 0 Å². The molecule has 17 heavy (non-hydrogen) atoms. The molecule has 5 nitrogen and oxygen atoms in total. The highest BCUT2D eigenvalue weighted by Gasteiger charge is 2.12. The molecule has 0 atom stereocenters. The van der Waals surface area contributed by atoms with Crippen molar-refractivity contribution in [3.63, 3.8) is 0 Å². The lowest BCUT2D eigenvalue weighted by Gasteiger charge is -2.26. The van der Waals surface area contributed by atoms with Crippen molar-refractivity contribution < 1.29 is 13.2 Å². The summed E-state index contributed by atoms with van der Waals surface area (Å²) in [4.78, 5) is 2.20. The molecule has 1 aliphatic rings. The molecule has 0 spiro atoms. The Morgan fingerprint density at radius 1 is 1.24 bits per heavy atom. The second-order valence-corrected chi connectivity index (χ2v) is 6.37. The first-order valence-corrected chi connectivity index (χ1v) is 8.16. The second-order valence-electron chi connectivity index (χ2n) is 4.06. The number of halogens is 1. The van der Waals surface area contributed by atoms with Gasteiger partial charge in [0.25, 0.3) is 0 Å². The molecule has 0 saturated carbocycles. The van der Waals surface area contributed by atoms with Gasteiger partial charge < -0.3 is 4.74 Å². The third-order valence-electron chi connectivity index (χ3n) is 2.65. The number of hydrogen-bond acceptors (Lipinski definition) is 4. The first kappa shape index (κ1) is 15.2. The third kappa shape index (κ3) is 7.21. The van der Waals surface area contributed by atoms with E-state index < -0.39 is 10.0 Å². The van der Waals surface area contributed by atoms with E-state index in [1.807, 2.05) is 0 Å². The Morgan fingerprint density at radius 2 is 1.94 bits per heavy atom. The minimum Gasteiger partial charge on any atom is -0.379 e. The van der Waals surface area contributed by atoms with Gasteiger partial charge in [0.2, 0.25) is 10.0 Å². The van der Waals surface area contributed by atoms with Crippen LogP contribution in [0, 0.1) is 0 Å². The summed E-state index contributed by atoms with van der Waals surface area (Å²) in [6, 6.07) is 0. The van der Waals surface area contributed by atoms with Gasteiger partial charge in [0.15, 0.2) is 0 Å². The van der Waals surface area contributed by atoms with Crippen LogP contribution in [-0.2, 0) is 14.8 Å². The van der Waals surface area contributed by atoms with Gasteiger partial charge >= 0.3 is 0 Å². The van der Waals surface area contributed by atoms with Crippen LogP contribution in [0.15, 0.2) is 0 Å². The molecule has 1 fully saturated rings. The van der Waals surface area contributed by atoms with E-state index in [1.165, 1.54) is 0 Å². The largest absolute Gasteiger partial charge is 0.379 e. The number of unbranched alkanes of at least 4 members (excludes halogenated alkanes) is 1. The highest BCUT2D eigenvalue weighted by atomic mass is 35.5. The maximum absolute atomic E-state index is 11.5. The summed E-state index contributed by atoms with van der Waals surface area (Å²) >= 11 is 5.50. The average molecular weight is 285 g/mol. The molecule has 0 aromatic rings. The van der Waals surface area contributed by atoms with Gasteiger partial charge in [0.05, 0.1) is 19.0 Å². The molecule has 0 unspecified atom stereocenters. The molecule has 0 bridgehead atoms. The Balaban J connectivity index is 2.11. The van der Waals surface area contributed by atoms with Gasteiger partial charge in [-0.25, -0.2) is 13.1 Å². The van der Waals surface area contributed by atoms with E-state index in [2.05, 4.69) is 9.62 Å². The summed E-state index contributed by atoms with van der Waals surface area (Å²) in [6.07, 6.45) is 1.36. The fourth-order valence-corrected chi connectivity index (χ4v) is 2.96. The van der Waals surface area contributed by atoms with Gasteiger partial charge in [-0.15, -0.1) is 11.6 Å². The lowest BCUT2D eigenvalue weighted by atomic mass is 10.4. The minimum atomic E-state index is -3.12. The maximum atomic E-state index is 11.5. The first-order chi connectivity index (χ1) is 8.14. The van der Waals surface area contributed by atoms with E-state index in [1.54, 1.807) is 0 Å².